The maximum absolute atomic E-state index is 11.7. The molecule has 8 heteroatoms. The Labute approximate surface area is 153 Å². The molecule has 1 N–H and O–H groups in total. The highest BCUT2D eigenvalue weighted by Gasteiger charge is 2.08. The molecule has 0 aliphatic carbocycles. The van der Waals surface area contributed by atoms with Crippen LogP contribution in [0.1, 0.15) is 5.56 Å². The molecule has 1 heterocycles. The van der Waals surface area contributed by atoms with Gasteiger partial charge in [-0.2, -0.15) is 0 Å². The minimum atomic E-state index is -0.673. The highest BCUT2D eigenvalue weighted by molar-refractivity contribution is 6.42. The highest BCUT2D eigenvalue weighted by atomic mass is 35.5. The summed E-state index contributed by atoms with van der Waals surface area (Å²) in [7, 11) is 0. The van der Waals surface area contributed by atoms with Crippen molar-refractivity contribution in [3.05, 3.63) is 63.4 Å². The zero-order valence-electron chi connectivity index (χ0n) is 12.1. The molecule has 0 saturated carbocycles. The van der Waals surface area contributed by atoms with Crippen molar-refractivity contribution >= 4 is 58.4 Å². The van der Waals surface area contributed by atoms with Crippen LogP contribution in [0.3, 0.4) is 0 Å². The zero-order valence-corrected chi connectivity index (χ0v) is 14.4. The van der Waals surface area contributed by atoms with Crippen molar-refractivity contribution in [3.63, 3.8) is 0 Å². The van der Waals surface area contributed by atoms with Crippen molar-refractivity contribution < 1.29 is 14.3 Å². The Morgan fingerprint density at radius 1 is 1.17 bits per heavy atom. The van der Waals surface area contributed by atoms with Crippen LogP contribution in [0.4, 0.5) is 5.69 Å². The van der Waals surface area contributed by atoms with Crippen molar-refractivity contribution in [2.45, 2.75) is 0 Å². The van der Waals surface area contributed by atoms with Gasteiger partial charge in [0.2, 0.25) is 0 Å². The molecule has 0 fully saturated rings. The number of nitrogens with one attached hydrogen (secondary N) is 1. The number of anilines is 1. The summed E-state index contributed by atoms with van der Waals surface area (Å²) in [5.41, 5.74) is 1.01. The van der Waals surface area contributed by atoms with Crippen LogP contribution in [0, 0.1) is 0 Å². The van der Waals surface area contributed by atoms with Crippen LogP contribution >= 0.6 is 34.8 Å². The lowest BCUT2D eigenvalue weighted by atomic mass is 10.2. The maximum Gasteiger partial charge on any atom is 0.331 e. The average molecular weight is 386 g/mol. The smallest absolute Gasteiger partial charge is 0.331 e. The van der Waals surface area contributed by atoms with E-state index in [1.54, 1.807) is 30.3 Å². The number of carbonyl (C=O) groups excluding carboxylic acids is 2. The number of hydrogen-bond acceptors (Lipinski definition) is 4. The zero-order chi connectivity index (χ0) is 17.5. The molecule has 0 bridgehead atoms. The van der Waals surface area contributed by atoms with Gasteiger partial charge in [0.25, 0.3) is 5.91 Å². The summed E-state index contributed by atoms with van der Waals surface area (Å²) < 4.78 is 4.83. The van der Waals surface area contributed by atoms with Gasteiger partial charge < -0.3 is 10.1 Å². The van der Waals surface area contributed by atoms with E-state index in [2.05, 4.69) is 10.3 Å². The predicted octanol–water partition coefficient (Wildman–Crippen LogP) is 4.24. The summed E-state index contributed by atoms with van der Waals surface area (Å²) in [6.45, 7) is -0.449. The number of carbonyl (C=O) groups is 2. The van der Waals surface area contributed by atoms with Crippen molar-refractivity contribution in [3.8, 4) is 0 Å². The summed E-state index contributed by atoms with van der Waals surface area (Å²) in [6, 6.07) is 8.10. The molecule has 0 radical (unpaired) electrons. The summed E-state index contributed by atoms with van der Waals surface area (Å²) in [4.78, 5) is 27.1. The van der Waals surface area contributed by atoms with E-state index in [1.165, 1.54) is 18.3 Å². The molecule has 0 aliphatic heterocycles. The van der Waals surface area contributed by atoms with E-state index in [0.29, 0.717) is 21.3 Å². The van der Waals surface area contributed by atoms with Crippen molar-refractivity contribution in [1.82, 2.24) is 4.98 Å². The molecule has 0 atom stereocenters. The molecule has 1 aromatic heterocycles. The van der Waals surface area contributed by atoms with Gasteiger partial charge in [-0.15, -0.1) is 0 Å². The topological polar surface area (TPSA) is 68.3 Å². The Kier molecular flexibility index (Phi) is 6.61. The quantitative estimate of drug-likeness (QED) is 0.475. The maximum atomic E-state index is 11.7. The Balaban J connectivity index is 1.84. The van der Waals surface area contributed by atoms with Crippen LogP contribution in [0.2, 0.25) is 15.2 Å². The molecule has 124 valence electrons. The van der Waals surface area contributed by atoms with Crippen molar-refractivity contribution in [2.24, 2.45) is 0 Å². The van der Waals surface area contributed by atoms with Crippen LogP contribution < -0.4 is 5.32 Å². The number of hydrogen-bond donors (Lipinski definition) is 1. The Morgan fingerprint density at radius 2 is 1.96 bits per heavy atom. The second-order valence-corrected chi connectivity index (χ2v) is 5.68. The summed E-state index contributed by atoms with van der Waals surface area (Å²) in [5.74, 6) is -1.20. The van der Waals surface area contributed by atoms with E-state index >= 15 is 0 Å². The van der Waals surface area contributed by atoms with Gasteiger partial charge >= 0.3 is 5.97 Å². The third-order valence-electron chi connectivity index (χ3n) is 2.73. The third kappa shape index (κ3) is 5.53. The minimum Gasteiger partial charge on any atom is -0.452 e. The molecule has 5 nitrogen and oxygen atoms in total. The molecular weight excluding hydrogens is 375 g/mol. The largest absolute Gasteiger partial charge is 0.452 e. The van der Waals surface area contributed by atoms with Crippen molar-refractivity contribution in [2.75, 3.05) is 11.9 Å². The summed E-state index contributed by atoms with van der Waals surface area (Å²) >= 11 is 17.5. The number of esters is 1. The van der Waals surface area contributed by atoms with Crippen LogP contribution in [-0.2, 0) is 14.3 Å². The Hall–Kier alpha value is -2.08. The van der Waals surface area contributed by atoms with Gasteiger partial charge in [0.1, 0.15) is 0 Å². The number of nitrogens with zero attached hydrogens (tertiary/aromatic N) is 1. The first kappa shape index (κ1) is 18.3. The average Bonchev–Trinajstić information content (AvgIpc) is 2.56. The molecule has 1 aromatic carbocycles. The molecular formula is C16H11Cl3N2O3. The predicted molar refractivity (Wildman–Crippen MR) is 94.3 cm³/mol. The number of pyridine rings is 1. The normalized spacial score (nSPS) is 10.6. The standard InChI is InChI=1S/C16H11Cl3N2O3/c17-11-5-3-10(8-12(11)18)4-6-15(23)24-9-14(22)21-13-2-1-7-20-16(13)19/h1-8H,9H2,(H,21,22)/b6-4+. The number of amides is 1. The SMILES string of the molecule is O=C(COC(=O)/C=C/c1ccc(Cl)c(Cl)c1)Nc1cccnc1Cl. The number of halogens is 3. The third-order valence-corrected chi connectivity index (χ3v) is 3.77. The molecule has 0 saturated heterocycles. The molecule has 2 rings (SSSR count). The number of benzene rings is 1. The lowest BCUT2D eigenvalue weighted by molar-refractivity contribution is -0.142. The lowest BCUT2D eigenvalue weighted by Gasteiger charge is -2.06. The first-order valence-electron chi connectivity index (χ1n) is 6.66. The molecule has 0 spiro atoms. The highest BCUT2D eigenvalue weighted by Crippen LogP contribution is 2.23. The molecule has 0 aliphatic rings. The lowest BCUT2D eigenvalue weighted by Crippen LogP contribution is -2.20. The van der Waals surface area contributed by atoms with Crippen molar-refractivity contribution in [1.29, 1.82) is 0 Å². The molecule has 0 unspecified atom stereocenters. The van der Waals surface area contributed by atoms with Gasteiger partial charge in [0.05, 0.1) is 15.7 Å². The van der Waals surface area contributed by atoms with E-state index in [4.69, 9.17) is 39.5 Å². The van der Waals surface area contributed by atoms with Crippen LogP contribution in [0.5, 0.6) is 0 Å². The fraction of sp³-hybridized carbons (Fsp3) is 0.0625. The number of aromatic nitrogens is 1. The Bertz CT molecular complexity index is 794. The molecule has 24 heavy (non-hydrogen) atoms. The monoisotopic (exact) mass is 384 g/mol. The molecule has 1 amide bonds. The van der Waals surface area contributed by atoms with Crippen LogP contribution in [0.15, 0.2) is 42.6 Å². The fourth-order valence-corrected chi connectivity index (χ4v) is 2.10. The minimum absolute atomic E-state index is 0.150. The Morgan fingerprint density at radius 3 is 2.67 bits per heavy atom. The van der Waals surface area contributed by atoms with Gasteiger partial charge in [0, 0.05) is 12.3 Å². The second kappa shape index (κ2) is 8.68. The van der Waals surface area contributed by atoms with E-state index in [9.17, 15) is 9.59 Å². The van der Waals surface area contributed by atoms with E-state index in [1.807, 2.05) is 0 Å². The van der Waals surface area contributed by atoms with E-state index in [0.717, 1.165) is 0 Å². The fourth-order valence-electron chi connectivity index (χ4n) is 1.63. The van der Waals surface area contributed by atoms with E-state index < -0.39 is 18.5 Å². The molecule has 2 aromatic rings. The van der Waals surface area contributed by atoms with Gasteiger partial charge in [0.15, 0.2) is 11.8 Å². The van der Waals surface area contributed by atoms with Gasteiger partial charge in [-0.05, 0) is 35.9 Å². The second-order valence-electron chi connectivity index (χ2n) is 4.50. The first-order valence-corrected chi connectivity index (χ1v) is 7.79. The summed E-state index contributed by atoms with van der Waals surface area (Å²) in [6.07, 6.45) is 4.18. The first-order chi connectivity index (χ1) is 11.5. The number of rotatable bonds is 5. The number of ether oxygens (including phenoxy) is 1. The van der Waals surface area contributed by atoms with Gasteiger partial charge in [-0.3, -0.25) is 4.79 Å². The van der Waals surface area contributed by atoms with Crippen LogP contribution in [-0.4, -0.2) is 23.5 Å². The summed E-state index contributed by atoms with van der Waals surface area (Å²) in [5, 5.41) is 3.43. The van der Waals surface area contributed by atoms with Crippen LogP contribution in [0.25, 0.3) is 6.08 Å². The van der Waals surface area contributed by atoms with Gasteiger partial charge in [-0.1, -0.05) is 40.9 Å². The van der Waals surface area contributed by atoms with Gasteiger partial charge in [-0.25, -0.2) is 9.78 Å². The van der Waals surface area contributed by atoms with E-state index in [-0.39, 0.29) is 5.15 Å².